The molecule has 10 heteroatoms. The summed E-state index contributed by atoms with van der Waals surface area (Å²) in [5, 5.41) is 7.79. The molecule has 31 heavy (non-hydrogen) atoms. The van der Waals surface area contributed by atoms with E-state index in [0.717, 1.165) is 42.9 Å². The molecule has 1 saturated heterocycles. The summed E-state index contributed by atoms with van der Waals surface area (Å²) >= 11 is 1.31. The Bertz CT molecular complexity index is 1090. The molecule has 4 heterocycles. The van der Waals surface area contributed by atoms with E-state index in [1.807, 2.05) is 20.9 Å². The van der Waals surface area contributed by atoms with Crippen LogP contribution in [0, 0.1) is 0 Å². The van der Waals surface area contributed by atoms with Crippen LogP contribution < -0.4 is 26.4 Å². The predicted octanol–water partition coefficient (Wildman–Crippen LogP) is 2.97. The van der Waals surface area contributed by atoms with E-state index in [2.05, 4.69) is 20.3 Å². The van der Waals surface area contributed by atoms with Gasteiger partial charge in [0, 0.05) is 32.4 Å². The number of ether oxygens (including phenoxy) is 1. The first kappa shape index (κ1) is 21.4. The second-order valence-corrected chi connectivity index (χ2v) is 9.18. The second-order valence-electron chi connectivity index (χ2n) is 8.13. The molecule has 0 bridgehead atoms. The minimum atomic E-state index is -0.307. The van der Waals surface area contributed by atoms with Crippen molar-refractivity contribution >= 4 is 44.0 Å². The summed E-state index contributed by atoms with van der Waals surface area (Å²) in [5.74, 6) is 1.25. The van der Waals surface area contributed by atoms with E-state index in [9.17, 15) is 4.79 Å². The number of nitrogens with one attached hydrogen (secondary N) is 1. The quantitative estimate of drug-likeness (QED) is 0.554. The van der Waals surface area contributed by atoms with E-state index in [1.54, 1.807) is 23.1 Å². The van der Waals surface area contributed by atoms with Crippen LogP contribution in [0.25, 0.3) is 10.2 Å². The lowest BCUT2D eigenvalue weighted by atomic mass is 10.1. The Balaban J connectivity index is 1.64. The van der Waals surface area contributed by atoms with Gasteiger partial charge in [-0.15, -0.1) is 11.3 Å². The molecular formula is C21H29N7O2S. The van der Waals surface area contributed by atoms with E-state index in [0.29, 0.717) is 27.5 Å². The Morgan fingerprint density at radius 2 is 2.16 bits per heavy atom. The van der Waals surface area contributed by atoms with Gasteiger partial charge in [-0.1, -0.05) is 0 Å². The molecule has 4 rings (SSSR count). The summed E-state index contributed by atoms with van der Waals surface area (Å²) in [6.07, 6.45) is 6.22. The molecule has 3 aromatic rings. The van der Waals surface area contributed by atoms with Gasteiger partial charge in [0.05, 0.1) is 22.5 Å². The summed E-state index contributed by atoms with van der Waals surface area (Å²) < 4.78 is 8.43. The van der Waals surface area contributed by atoms with Crippen LogP contribution in [0.2, 0.25) is 0 Å². The van der Waals surface area contributed by atoms with Crippen molar-refractivity contribution in [1.82, 2.24) is 14.8 Å². The van der Waals surface area contributed by atoms with Crippen LogP contribution in [0.3, 0.4) is 0 Å². The number of nitrogens with zero attached hydrogens (tertiary/aromatic N) is 4. The molecule has 5 N–H and O–H groups in total. The molecule has 0 spiro atoms. The minimum Gasteiger partial charge on any atom is -0.489 e. The molecule has 1 fully saturated rings. The molecule has 1 aliphatic rings. The number of anilines is 3. The average Bonchev–Trinajstić information content (AvgIpc) is 3.15. The molecule has 0 radical (unpaired) electrons. The topological polar surface area (TPSA) is 124 Å². The summed E-state index contributed by atoms with van der Waals surface area (Å²) in [6, 6.07) is 2.00. The van der Waals surface area contributed by atoms with Gasteiger partial charge in [0.15, 0.2) is 5.82 Å². The van der Waals surface area contributed by atoms with Crippen LogP contribution in [-0.4, -0.2) is 45.9 Å². The molecule has 1 amide bonds. The zero-order valence-electron chi connectivity index (χ0n) is 18.1. The zero-order chi connectivity index (χ0) is 22.1. The molecule has 9 nitrogen and oxygen atoms in total. The maximum Gasteiger partial charge on any atom is 0.261 e. The molecule has 0 saturated carbocycles. The summed E-state index contributed by atoms with van der Waals surface area (Å²) in [6.45, 7) is 5.61. The van der Waals surface area contributed by atoms with Gasteiger partial charge in [-0.25, -0.2) is 0 Å². The Hall–Kier alpha value is -2.85. The number of aromatic nitrogens is 3. The third-order valence-electron chi connectivity index (χ3n) is 5.38. The number of aryl methyl sites for hydroxylation is 1. The SMILES string of the molecule is CC(C)Oc1ccnc2c(C(=O)Nc3cnn(C)c3N3CCC[C@@H](N)CC3)c(N)sc12. The maximum atomic E-state index is 13.3. The summed E-state index contributed by atoms with van der Waals surface area (Å²) in [5.41, 5.74) is 13.9. The van der Waals surface area contributed by atoms with Gasteiger partial charge in [0.1, 0.15) is 22.0 Å². The van der Waals surface area contributed by atoms with E-state index in [-0.39, 0.29) is 18.1 Å². The maximum absolute atomic E-state index is 13.3. The van der Waals surface area contributed by atoms with Gasteiger partial charge >= 0.3 is 0 Å². The number of hydrogen-bond donors (Lipinski definition) is 3. The van der Waals surface area contributed by atoms with Gasteiger partial charge in [-0.2, -0.15) is 5.10 Å². The van der Waals surface area contributed by atoms with E-state index in [1.165, 1.54) is 11.3 Å². The number of thiophene rings is 1. The number of pyridine rings is 1. The fourth-order valence-corrected chi connectivity index (χ4v) is 4.94. The highest BCUT2D eigenvalue weighted by Crippen LogP contribution is 2.39. The number of carbonyl (C=O) groups is 1. The van der Waals surface area contributed by atoms with Gasteiger partial charge in [0.25, 0.3) is 5.91 Å². The van der Waals surface area contributed by atoms with Crippen molar-refractivity contribution in [3.05, 3.63) is 24.0 Å². The highest BCUT2D eigenvalue weighted by atomic mass is 32.1. The van der Waals surface area contributed by atoms with Crippen LogP contribution in [0.1, 0.15) is 43.5 Å². The standard InChI is InChI=1S/C21H29N7O2S/c1-12(2)30-15-6-8-24-17-16(19(23)31-18(15)17)20(29)26-14-11-25-27(3)21(14)28-9-4-5-13(22)7-10-28/h6,8,11-13H,4-5,7,9-10,22-23H2,1-3H3,(H,26,29)/t13-/m1/s1. The lowest BCUT2D eigenvalue weighted by Crippen LogP contribution is -2.29. The van der Waals surface area contributed by atoms with Crippen molar-refractivity contribution < 1.29 is 9.53 Å². The van der Waals surface area contributed by atoms with Crippen LogP contribution in [-0.2, 0) is 7.05 Å². The normalized spacial score (nSPS) is 17.2. The van der Waals surface area contributed by atoms with E-state index in [4.69, 9.17) is 16.2 Å². The van der Waals surface area contributed by atoms with Gasteiger partial charge < -0.3 is 26.4 Å². The first-order chi connectivity index (χ1) is 14.8. The van der Waals surface area contributed by atoms with Gasteiger partial charge in [0.2, 0.25) is 0 Å². The van der Waals surface area contributed by atoms with Crippen LogP contribution >= 0.6 is 11.3 Å². The summed E-state index contributed by atoms with van der Waals surface area (Å²) in [4.78, 5) is 19.9. The predicted molar refractivity (Wildman–Crippen MR) is 125 cm³/mol. The lowest BCUT2D eigenvalue weighted by Gasteiger charge is -2.24. The Morgan fingerprint density at radius 1 is 1.35 bits per heavy atom. The van der Waals surface area contributed by atoms with E-state index >= 15 is 0 Å². The molecule has 166 valence electrons. The lowest BCUT2D eigenvalue weighted by molar-refractivity contribution is 0.102. The Kier molecular flexibility index (Phi) is 6.01. The number of amides is 1. The highest BCUT2D eigenvalue weighted by Gasteiger charge is 2.25. The van der Waals surface area contributed by atoms with Crippen molar-refractivity contribution in [2.24, 2.45) is 12.8 Å². The molecule has 0 aromatic carbocycles. The zero-order valence-corrected chi connectivity index (χ0v) is 18.9. The van der Waals surface area contributed by atoms with Crippen LogP contribution in [0.4, 0.5) is 16.5 Å². The van der Waals surface area contributed by atoms with Crippen molar-refractivity contribution in [1.29, 1.82) is 0 Å². The fourth-order valence-electron chi connectivity index (χ4n) is 3.96. The number of nitrogens with two attached hydrogens (primary N) is 2. The first-order valence-electron chi connectivity index (χ1n) is 10.5. The van der Waals surface area contributed by atoms with Crippen LogP contribution in [0.5, 0.6) is 5.75 Å². The third-order valence-corrected chi connectivity index (χ3v) is 6.40. The molecular weight excluding hydrogens is 414 g/mol. The van der Waals surface area contributed by atoms with Crippen molar-refractivity contribution in [2.75, 3.05) is 29.0 Å². The van der Waals surface area contributed by atoms with Gasteiger partial charge in [-0.3, -0.25) is 14.5 Å². The van der Waals surface area contributed by atoms with E-state index < -0.39 is 0 Å². The minimum absolute atomic E-state index is 0.00546. The van der Waals surface area contributed by atoms with Gasteiger partial charge in [-0.05, 0) is 39.2 Å². The second kappa shape index (κ2) is 8.72. The summed E-state index contributed by atoms with van der Waals surface area (Å²) in [7, 11) is 1.88. The van der Waals surface area contributed by atoms with Crippen molar-refractivity contribution in [2.45, 2.75) is 45.3 Å². The fraction of sp³-hybridized carbons (Fsp3) is 0.476. The third kappa shape index (κ3) is 4.31. The van der Waals surface area contributed by atoms with Crippen molar-refractivity contribution in [3.63, 3.8) is 0 Å². The molecule has 0 aliphatic carbocycles. The average molecular weight is 444 g/mol. The Labute approximate surface area is 185 Å². The monoisotopic (exact) mass is 443 g/mol. The number of carbonyl (C=O) groups excluding carboxylic acids is 1. The molecule has 0 unspecified atom stereocenters. The first-order valence-corrected chi connectivity index (χ1v) is 11.3. The molecule has 3 aromatic heterocycles. The van der Waals surface area contributed by atoms with Crippen LogP contribution in [0.15, 0.2) is 18.5 Å². The largest absolute Gasteiger partial charge is 0.489 e. The Morgan fingerprint density at radius 3 is 2.94 bits per heavy atom. The van der Waals surface area contributed by atoms with Crippen molar-refractivity contribution in [3.8, 4) is 5.75 Å². The number of hydrogen-bond acceptors (Lipinski definition) is 8. The molecule has 1 aliphatic heterocycles. The molecule has 1 atom stereocenters. The number of nitrogen functional groups attached to an aromatic ring is 1. The number of fused-ring (bicyclic) bond motifs is 1. The smallest absolute Gasteiger partial charge is 0.261 e. The highest BCUT2D eigenvalue weighted by molar-refractivity contribution is 7.23. The number of rotatable bonds is 5.